The van der Waals surface area contributed by atoms with E-state index in [1.54, 1.807) is 18.2 Å². The lowest BCUT2D eigenvalue weighted by atomic mass is 9.94. The second-order valence-corrected chi connectivity index (χ2v) is 6.35. The molecule has 0 aromatic heterocycles. The molecule has 1 amide bonds. The van der Waals surface area contributed by atoms with Crippen LogP contribution in [-0.2, 0) is 9.47 Å². The van der Waals surface area contributed by atoms with Gasteiger partial charge in [0.2, 0.25) is 0 Å². The fourth-order valence-corrected chi connectivity index (χ4v) is 3.25. The normalized spacial score (nSPS) is 29.1. The Balaban J connectivity index is 1.79. The number of ether oxygens (including phenoxy) is 2. The van der Waals surface area contributed by atoms with Gasteiger partial charge in [0.05, 0.1) is 29.3 Å². The fourth-order valence-electron chi connectivity index (χ4n) is 2.95. The maximum absolute atomic E-state index is 12.6. The van der Waals surface area contributed by atoms with Crippen molar-refractivity contribution in [3.8, 4) is 0 Å². The molecule has 1 aromatic carbocycles. The number of rotatable bonds is 1. The van der Waals surface area contributed by atoms with Crippen molar-refractivity contribution >= 4 is 29.1 Å². The molecule has 0 saturated carbocycles. The molecular formula is C15H17Cl2NO3. The zero-order valence-corrected chi connectivity index (χ0v) is 13.3. The molecule has 2 atom stereocenters. The number of hydrogen-bond acceptors (Lipinski definition) is 3. The van der Waals surface area contributed by atoms with E-state index in [0.717, 1.165) is 6.42 Å². The van der Waals surface area contributed by atoms with Gasteiger partial charge in [-0.1, -0.05) is 23.2 Å². The number of halogens is 2. The lowest BCUT2D eigenvalue weighted by molar-refractivity contribution is -0.126. The van der Waals surface area contributed by atoms with Crippen LogP contribution in [0.1, 0.15) is 23.7 Å². The Morgan fingerprint density at radius 3 is 2.81 bits per heavy atom. The Morgan fingerprint density at radius 2 is 2.14 bits per heavy atom. The maximum Gasteiger partial charge on any atom is 0.254 e. The van der Waals surface area contributed by atoms with Crippen LogP contribution < -0.4 is 0 Å². The van der Waals surface area contributed by atoms with Crippen molar-refractivity contribution in [1.82, 2.24) is 4.90 Å². The number of morpholine rings is 1. The summed E-state index contributed by atoms with van der Waals surface area (Å²) in [5, 5.41) is 0.840. The molecule has 2 heterocycles. The van der Waals surface area contributed by atoms with E-state index < -0.39 is 0 Å². The minimum absolute atomic E-state index is 0.00176. The molecule has 2 fully saturated rings. The van der Waals surface area contributed by atoms with E-state index in [0.29, 0.717) is 41.9 Å². The van der Waals surface area contributed by atoms with Crippen LogP contribution in [-0.4, -0.2) is 48.8 Å². The number of carbonyl (C=O) groups is 1. The molecule has 1 spiro atoms. The summed E-state index contributed by atoms with van der Waals surface area (Å²) in [5.41, 5.74) is 0.178. The number of nitrogens with zero attached hydrogens (tertiary/aromatic N) is 1. The van der Waals surface area contributed by atoms with Gasteiger partial charge in [0.1, 0.15) is 5.60 Å². The van der Waals surface area contributed by atoms with Crippen molar-refractivity contribution < 1.29 is 14.3 Å². The summed E-state index contributed by atoms with van der Waals surface area (Å²) in [4.78, 5) is 14.5. The summed E-state index contributed by atoms with van der Waals surface area (Å²) in [6.07, 6.45) is 0.821. The van der Waals surface area contributed by atoms with Crippen molar-refractivity contribution in [1.29, 1.82) is 0 Å². The molecule has 2 aliphatic heterocycles. The van der Waals surface area contributed by atoms with Crippen molar-refractivity contribution in [2.24, 2.45) is 0 Å². The smallest absolute Gasteiger partial charge is 0.254 e. The van der Waals surface area contributed by atoms with Crippen LogP contribution >= 0.6 is 23.2 Å². The third-order valence-electron chi connectivity index (χ3n) is 4.30. The van der Waals surface area contributed by atoms with Crippen LogP contribution in [0.3, 0.4) is 0 Å². The third kappa shape index (κ3) is 2.78. The first-order chi connectivity index (χ1) is 10.0. The average Bonchev–Trinajstić information content (AvgIpc) is 2.82. The standard InChI is InChI=1S/C15H17Cl2NO3/c1-10-15(4-6-20-10)9-18(5-7-21-15)14(19)11-2-3-12(16)13(17)8-11/h2-3,8,10H,4-7,9H2,1H3. The van der Waals surface area contributed by atoms with Crippen molar-refractivity contribution in [2.75, 3.05) is 26.3 Å². The zero-order chi connectivity index (χ0) is 15.0. The predicted octanol–water partition coefficient (Wildman–Crippen LogP) is 3.01. The number of benzene rings is 1. The van der Waals surface area contributed by atoms with Gasteiger partial charge < -0.3 is 14.4 Å². The second-order valence-electron chi connectivity index (χ2n) is 5.53. The van der Waals surface area contributed by atoms with Gasteiger partial charge in [-0.3, -0.25) is 4.79 Å². The summed E-state index contributed by atoms with van der Waals surface area (Å²) in [5.74, 6) is -0.0460. The first-order valence-corrected chi connectivity index (χ1v) is 7.77. The molecule has 114 valence electrons. The Bertz CT molecular complexity index is 566. The van der Waals surface area contributed by atoms with Gasteiger partial charge in [-0.2, -0.15) is 0 Å². The van der Waals surface area contributed by atoms with E-state index in [9.17, 15) is 4.79 Å². The second kappa shape index (κ2) is 5.76. The highest BCUT2D eigenvalue weighted by molar-refractivity contribution is 6.42. The van der Waals surface area contributed by atoms with Crippen LogP contribution in [0.15, 0.2) is 18.2 Å². The molecule has 0 aliphatic carbocycles. The third-order valence-corrected chi connectivity index (χ3v) is 5.04. The molecule has 6 heteroatoms. The average molecular weight is 330 g/mol. The van der Waals surface area contributed by atoms with E-state index in [1.807, 2.05) is 11.8 Å². The molecule has 0 N–H and O–H groups in total. The van der Waals surface area contributed by atoms with Crippen molar-refractivity contribution in [3.05, 3.63) is 33.8 Å². The highest BCUT2D eigenvalue weighted by Gasteiger charge is 2.47. The molecule has 3 rings (SSSR count). The Hall–Kier alpha value is -0.810. The van der Waals surface area contributed by atoms with Gasteiger partial charge >= 0.3 is 0 Å². The minimum atomic E-state index is -0.371. The number of amides is 1. The molecule has 1 aromatic rings. The first kappa shape index (κ1) is 15.1. The summed E-state index contributed by atoms with van der Waals surface area (Å²) < 4.78 is 11.5. The molecule has 2 saturated heterocycles. The Kier molecular flexibility index (Phi) is 4.14. The highest BCUT2D eigenvalue weighted by atomic mass is 35.5. The summed E-state index contributed by atoms with van der Waals surface area (Å²) in [6, 6.07) is 4.96. The molecule has 2 aliphatic rings. The van der Waals surface area contributed by atoms with Crippen molar-refractivity contribution in [3.63, 3.8) is 0 Å². The maximum atomic E-state index is 12.6. The topological polar surface area (TPSA) is 38.8 Å². The van der Waals surface area contributed by atoms with E-state index in [-0.39, 0.29) is 17.6 Å². The summed E-state index contributed by atoms with van der Waals surface area (Å²) in [7, 11) is 0. The lowest BCUT2D eigenvalue weighted by Crippen LogP contribution is -2.56. The molecular weight excluding hydrogens is 313 g/mol. The lowest BCUT2D eigenvalue weighted by Gasteiger charge is -2.42. The van der Waals surface area contributed by atoms with Gasteiger partial charge in [-0.15, -0.1) is 0 Å². The minimum Gasteiger partial charge on any atom is -0.375 e. The van der Waals surface area contributed by atoms with Crippen LogP contribution in [0.25, 0.3) is 0 Å². The SMILES string of the molecule is CC1OCCC12CN(C(=O)c1ccc(Cl)c(Cl)c1)CCO2. The zero-order valence-electron chi connectivity index (χ0n) is 11.8. The Morgan fingerprint density at radius 1 is 1.33 bits per heavy atom. The fraction of sp³-hybridized carbons (Fsp3) is 0.533. The van der Waals surface area contributed by atoms with Gasteiger partial charge in [0.25, 0.3) is 5.91 Å². The van der Waals surface area contributed by atoms with Crippen LogP contribution in [0, 0.1) is 0 Å². The predicted molar refractivity (Wildman–Crippen MR) is 81.1 cm³/mol. The van der Waals surface area contributed by atoms with Crippen LogP contribution in [0.4, 0.5) is 0 Å². The molecule has 0 bridgehead atoms. The Labute approximate surface area is 133 Å². The first-order valence-electron chi connectivity index (χ1n) is 7.02. The quantitative estimate of drug-likeness (QED) is 0.795. The van der Waals surface area contributed by atoms with Crippen LogP contribution in [0.2, 0.25) is 10.0 Å². The van der Waals surface area contributed by atoms with Gasteiger partial charge in [0.15, 0.2) is 0 Å². The van der Waals surface area contributed by atoms with Gasteiger partial charge in [0, 0.05) is 25.1 Å². The van der Waals surface area contributed by atoms with Crippen molar-refractivity contribution in [2.45, 2.75) is 25.0 Å². The molecule has 4 nitrogen and oxygen atoms in total. The van der Waals surface area contributed by atoms with E-state index in [1.165, 1.54) is 0 Å². The largest absolute Gasteiger partial charge is 0.375 e. The summed E-state index contributed by atoms with van der Waals surface area (Å²) in [6.45, 7) is 4.33. The van der Waals surface area contributed by atoms with Gasteiger partial charge in [-0.05, 0) is 25.1 Å². The highest BCUT2D eigenvalue weighted by Crippen LogP contribution is 2.33. The number of carbonyl (C=O) groups excluding carboxylic acids is 1. The molecule has 0 radical (unpaired) electrons. The molecule has 21 heavy (non-hydrogen) atoms. The summed E-state index contributed by atoms with van der Waals surface area (Å²) >= 11 is 11.9. The monoisotopic (exact) mass is 329 g/mol. The molecule has 2 unspecified atom stereocenters. The van der Waals surface area contributed by atoms with Gasteiger partial charge in [-0.25, -0.2) is 0 Å². The van der Waals surface area contributed by atoms with Crippen LogP contribution in [0.5, 0.6) is 0 Å². The van der Waals surface area contributed by atoms with E-state index >= 15 is 0 Å². The van der Waals surface area contributed by atoms with E-state index in [4.69, 9.17) is 32.7 Å². The van der Waals surface area contributed by atoms with E-state index in [2.05, 4.69) is 0 Å². The number of hydrogen-bond donors (Lipinski definition) is 0.